The fourth-order valence-corrected chi connectivity index (χ4v) is 2.38. The molecule has 0 spiro atoms. The van der Waals surface area contributed by atoms with Gasteiger partial charge in [-0.25, -0.2) is 4.39 Å². The number of halogens is 2. The van der Waals surface area contributed by atoms with E-state index in [1.54, 1.807) is 12.1 Å². The van der Waals surface area contributed by atoms with Gasteiger partial charge in [-0.1, -0.05) is 17.7 Å². The second kappa shape index (κ2) is 5.35. The normalized spacial score (nSPS) is 14.8. The molecule has 2 aromatic rings. The molecular weight excluding hydrogens is 263 g/mol. The average molecular weight is 279 g/mol. The maximum Gasteiger partial charge on any atom is 0.129 e. The largest absolute Gasteiger partial charge is 0.346 e. The van der Waals surface area contributed by atoms with Gasteiger partial charge in [-0.05, 0) is 37.1 Å². The van der Waals surface area contributed by atoms with Crippen molar-refractivity contribution in [2.24, 2.45) is 0 Å². The summed E-state index contributed by atoms with van der Waals surface area (Å²) in [6.07, 6.45) is 4.49. The lowest BCUT2D eigenvalue weighted by Gasteiger charge is -2.12. The van der Waals surface area contributed by atoms with Crippen LogP contribution in [-0.2, 0) is 13.1 Å². The molecule has 0 atom stereocenters. The number of hydrogen-bond donors (Lipinski definition) is 1. The lowest BCUT2D eigenvalue weighted by atomic mass is 10.2. The zero-order valence-electron chi connectivity index (χ0n) is 10.6. The fourth-order valence-electron chi connectivity index (χ4n) is 2.15. The van der Waals surface area contributed by atoms with E-state index in [4.69, 9.17) is 11.6 Å². The monoisotopic (exact) mass is 278 g/mol. The molecule has 0 bridgehead atoms. The summed E-state index contributed by atoms with van der Waals surface area (Å²) >= 11 is 6.07. The first-order chi connectivity index (χ1) is 9.24. The minimum Gasteiger partial charge on any atom is -0.346 e. The Morgan fingerprint density at radius 1 is 1.26 bits per heavy atom. The third kappa shape index (κ3) is 2.99. The van der Waals surface area contributed by atoms with Crippen LogP contribution in [0.2, 0.25) is 5.02 Å². The van der Waals surface area contributed by atoms with E-state index in [2.05, 4.69) is 11.4 Å². The summed E-state index contributed by atoms with van der Waals surface area (Å²) < 4.78 is 15.8. The van der Waals surface area contributed by atoms with Crippen LogP contribution in [0.5, 0.6) is 0 Å². The van der Waals surface area contributed by atoms with Gasteiger partial charge in [-0.2, -0.15) is 0 Å². The number of nitrogens with zero attached hydrogens (tertiary/aromatic N) is 1. The van der Waals surface area contributed by atoms with Crippen molar-refractivity contribution in [1.29, 1.82) is 0 Å². The van der Waals surface area contributed by atoms with E-state index in [1.807, 2.05) is 16.8 Å². The predicted molar refractivity (Wildman–Crippen MR) is 74.8 cm³/mol. The molecular formula is C15H16ClFN2. The maximum atomic E-state index is 13.8. The molecule has 1 N–H and O–H groups in total. The van der Waals surface area contributed by atoms with Crippen LogP contribution in [0.25, 0.3) is 0 Å². The standard InChI is InChI=1S/C15H16ClFN2/c16-14-4-1-5-15(17)13(14)10-19-8-2-3-12(19)9-18-11-6-7-11/h1-5,8,11,18H,6-7,9-10H2. The van der Waals surface area contributed by atoms with E-state index >= 15 is 0 Å². The third-order valence-corrected chi connectivity index (χ3v) is 3.82. The van der Waals surface area contributed by atoms with Gasteiger partial charge in [0.05, 0.1) is 6.54 Å². The molecule has 1 aromatic carbocycles. The van der Waals surface area contributed by atoms with Gasteiger partial charge in [0.25, 0.3) is 0 Å². The van der Waals surface area contributed by atoms with E-state index in [-0.39, 0.29) is 5.82 Å². The van der Waals surface area contributed by atoms with Crippen molar-refractivity contribution in [2.75, 3.05) is 0 Å². The predicted octanol–water partition coefficient (Wildman–Crippen LogP) is 3.58. The zero-order valence-corrected chi connectivity index (χ0v) is 11.3. The van der Waals surface area contributed by atoms with Crippen LogP contribution in [0.15, 0.2) is 36.5 Å². The van der Waals surface area contributed by atoms with Crippen LogP contribution >= 0.6 is 11.6 Å². The Labute approximate surface area is 117 Å². The van der Waals surface area contributed by atoms with E-state index in [9.17, 15) is 4.39 Å². The molecule has 0 unspecified atom stereocenters. The summed E-state index contributed by atoms with van der Waals surface area (Å²) in [6.45, 7) is 1.30. The van der Waals surface area contributed by atoms with Crippen molar-refractivity contribution in [3.63, 3.8) is 0 Å². The molecule has 1 heterocycles. The molecule has 0 amide bonds. The maximum absolute atomic E-state index is 13.8. The SMILES string of the molecule is Fc1cccc(Cl)c1Cn1cccc1CNC1CC1. The molecule has 19 heavy (non-hydrogen) atoms. The summed E-state index contributed by atoms with van der Waals surface area (Å²) in [7, 11) is 0. The Kier molecular flexibility index (Phi) is 3.58. The van der Waals surface area contributed by atoms with Crippen LogP contribution in [0.1, 0.15) is 24.1 Å². The highest BCUT2D eigenvalue weighted by molar-refractivity contribution is 6.31. The van der Waals surface area contributed by atoms with Gasteiger partial charge >= 0.3 is 0 Å². The summed E-state index contributed by atoms with van der Waals surface area (Å²) in [5.74, 6) is -0.248. The van der Waals surface area contributed by atoms with Crippen LogP contribution in [0, 0.1) is 5.82 Å². The first-order valence-electron chi connectivity index (χ1n) is 6.54. The Hall–Kier alpha value is -1.32. The number of benzene rings is 1. The van der Waals surface area contributed by atoms with Crippen molar-refractivity contribution >= 4 is 11.6 Å². The Balaban J connectivity index is 1.77. The highest BCUT2D eigenvalue weighted by atomic mass is 35.5. The highest BCUT2D eigenvalue weighted by Crippen LogP contribution is 2.22. The fraction of sp³-hybridized carbons (Fsp3) is 0.333. The molecule has 1 aliphatic rings. The van der Waals surface area contributed by atoms with Crippen LogP contribution in [0.3, 0.4) is 0 Å². The smallest absolute Gasteiger partial charge is 0.129 e. The molecule has 0 radical (unpaired) electrons. The quantitative estimate of drug-likeness (QED) is 0.885. The number of rotatable bonds is 5. The Morgan fingerprint density at radius 2 is 2.11 bits per heavy atom. The Bertz CT molecular complexity index is 555. The first kappa shape index (κ1) is 12.7. The van der Waals surface area contributed by atoms with Gasteiger partial charge in [-0.15, -0.1) is 0 Å². The summed E-state index contributed by atoms with van der Waals surface area (Å²) in [6, 6.07) is 9.52. The number of hydrogen-bond acceptors (Lipinski definition) is 1. The molecule has 3 rings (SSSR count). The van der Waals surface area contributed by atoms with Crippen molar-refractivity contribution < 1.29 is 4.39 Å². The Morgan fingerprint density at radius 3 is 2.84 bits per heavy atom. The second-order valence-corrected chi connectivity index (χ2v) is 5.39. The molecule has 0 aliphatic heterocycles. The lowest BCUT2D eigenvalue weighted by Crippen LogP contribution is -2.18. The van der Waals surface area contributed by atoms with Crippen molar-refractivity contribution in [1.82, 2.24) is 9.88 Å². The van der Waals surface area contributed by atoms with Gasteiger partial charge in [0.2, 0.25) is 0 Å². The van der Waals surface area contributed by atoms with Gasteiger partial charge in [-0.3, -0.25) is 0 Å². The topological polar surface area (TPSA) is 17.0 Å². The summed E-state index contributed by atoms with van der Waals surface area (Å²) in [5, 5.41) is 3.95. The minimum absolute atomic E-state index is 0.248. The van der Waals surface area contributed by atoms with E-state index in [0.29, 0.717) is 23.2 Å². The average Bonchev–Trinajstić information content (AvgIpc) is 3.11. The first-order valence-corrected chi connectivity index (χ1v) is 6.92. The van der Waals surface area contributed by atoms with Crippen LogP contribution in [-0.4, -0.2) is 10.6 Å². The van der Waals surface area contributed by atoms with Crippen molar-refractivity contribution in [3.8, 4) is 0 Å². The van der Waals surface area contributed by atoms with Crippen molar-refractivity contribution in [2.45, 2.75) is 32.0 Å². The molecule has 4 heteroatoms. The zero-order chi connectivity index (χ0) is 13.2. The van der Waals surface area contributed by atoms with Crippen LogP contribution in [0.4, 0.5) is 4.39 Å². The van der Waals surface area contributed by atoms with Gasteiger partial charge in [0.1, 0.15) is 5.82 Å². The molecule has 100 valence electrons. The molecule has 0 saturated heterocycles. The third-order valence-electron chi connectivity index (χ3n) is 3.46. The van der Waals surface area contributed by atoms with Gasteiger partial charge < -0.3 is 9.88 Å². The highest BCUT2D eigenvalue weighted by Gasteiger charge is 2.20. The van der Waals surface area contributed by atoms with Gasteiger partial charge in [0.15, 0.2) is 0 Å². The minimum atomic E-state index is -0.248. The second-order valence-electron chi connectivity index (χ2n) is 4.98. The number of aromatic nitrogens is 1. The van der Waals surface area contributed by atoms with Gasteiger partial charge in [0, 0.05) is 35.1 Å². The molecule has 1 saturated carbocycles. The molecule has 1 aromatic heterocycles. The summed E-state index contributed by atoms with van der Waals surface area (Å²) in [4.78, 5) is 0. The van der Waals surface area contributed by atoms with E-state index in [0.717, 1.165) is 12.2 Å². The van der Waals surface area contributed by atoms with E-state index in [1.165, 1.54) is 18.9 Å². The number of nitrogens with one attached hydrogen (secondary N) is 1. The van der Waals surface area contributed by atoms with Crippen molar-refractivity contribution in [3.05, 3.63) is 58.6 Å². The lowest BCUT2D eigenvalue weighted by molar-refractivity contribution is 0.587. The van der Waals surface area contributed by atoms with Crippen LogP contribution < -0.4 is 5.32 Å². The molecule has 1 fully saturated rings. The van der Waals surface area contributed by atoms with E-state index < -0.39 is 0 Å². The molecule has 2 nitrogen and oxygen atoms in total. The summed E-state index contributed by atoms with van der Waals surface area (Å²) in [5.41, 5.74) is 1.71. The molecule has 1 aliphatic carbocycles.